The molecule has 1 aliphatic rings. The van der Waals surface area contributed by atoms with Gasteiger partial charge in [0.2, 0.25) is 15.9 Å². The lowest BCUT2D eigenvalue weighted by Crippen LogP contribution is -2.45. The Labute approximate surface area is 210 Å². The minimum absolute atomic E-state index is 0.0408. The van der Waals surface area contributed by atoms with Gasteiger partial charge in [0.1, 0.15) is 0 Å². The lowest BCUT2D eigenvalue weighted by atomic mass is 10.1. The molecule has 0 fully saturated rings. The summed E-state index contributed by atoms with van der Waals surface area (Å²) >= 11 is 3.50. The predicted molar refractivity (Wildman–Crippen MR) is 139 cm³/mol. The van der Waals surface area contributed by atoms with E-state index in [-0.39, 0.29) is 29.9 Å². The largest absolute Gasteiger partial charge is 0.308 e. The summed E-state index contributed by atoms with van der Waals surface area (Å²) in [6, 6.07) is 19.0. The van der Waals surface area contributed by atoms with Crippen LogP contribution in [0.4, 0.5) is 5.69 Å². The van der Waals surface area contributed by atoms with Crippen molar-refractivity contribution in [2.45, 2.75) is 51.6 Å². The Kier molecular flexibility index (Phi) is 6.99. The molecule has 0 unspecified atom stereocenters. The number of benzene rings is 3. The molecule has 1 heterocycles. The first kappa shape index (κ1) is 24.6. The number of hydrogen-bond donors (Lipinski definition) is 0. The Bertz CT molecular complexity index is 1320. The molecule has 34 heavy (non-hydrogen) atoms. The summed E-state index contributed by atoms with van der Waals surface area (Å²) in [5, 5.41) is 0. The minimum atomic E-state index is -3.93. The average Bonchev–Trinajstić information content (AvgIpc) is 3.07. The average molecular weight is 542 g/mol. The SMILES string of the molecule is Cc1cc(C)c(S(=O)(=O)N(CC(=O)N2c3ccc(Br)cc3C[C@H]2C)Cc2ccccc2)c(C)c1. The number of sulfonamides is 1. The van der Waals surface area contributed by atoms with Crippen molar-refractivity contribution < 1.29 is 13.2 Å². The standard InChI is InChI=1S/C27H29BrN2O3S/c1-18-12-19(2)27(20(3)13-18)34(32,33)29(16-22-8-6-5-7-9-22)17-26(31)30-21(4)14-23-15-24(28)10-11-25(23)30/h5-13,15,21H,14,16-17H2,1-4H3/t21-/m1/s1. The van der Waals surface area contributed by atoms with Gasteiger partial charge in [-0.15, -0.1) is 0 Å². The van der Waals surface area contributed by atoms with Gasteiger partial charge in [0.05, 0.1) is 11.4 Å². The van der Waals surface area contributed by atoms with Crippen molar-refractivity contribution in [3.63, 3.8) is 0 Å². The van der Waals surface area contributed by atoms with Gasteiger partial charge in [-0.25, -0.2) is 8.42 Å². The Morgan fingerprint density at radius 3 is 2.32 bits per heavy atom. The van der Waals surface area contributed by atoms with Crippen LogP contribution in [0.2, 0.25) is 0 Å². The predicted octanol–water partition coefficient (Wildman–Crippen LogP) is 5.54. The monoisotopic (exact) mass is 540 g/mol. The molecule has 4 rings (SSSR count). The molecule has 1 aliphatic heterocycles. The lowest BCUT2D eigenvalue weighted by Gasteiger charge is -2.28. The first-order chi connectivity index (χ1) is 16.1. The van der Waals surface area contributed by atoms with Crippen molar-refractivity contribution in [3.8, 4) is 0 Å². The van der Waals surface area contributed by atoms with Crippen LogP contribution >= 0.6 is 15.9 Å². The van der Waals surface area contributed by atoms with Gasteiger partial charge in [0.15, 0.2) is 0 Å². The molecule has 0 aliphatic carbocycles. The number of anilines is 1. The van der Waals surface area contributed by atoms with Crippen molar-refractivity contribution in [1.82, 2.24) is 4.31 Å². The molecule has 0 bridgehead atoms. The van der Waals surface area contributed by atoms with E-state index in [1.807, 2.05) is 88.4 Å². The second-order valence-electron chi connectivity index (χ2n) is 9.08. The summed E-state index contributed by atoms with van der Waals surface area (Å²) in [5.74, 6) is -0.226. The Morgan fingerprint density at radius 1 is 1.03 bits per heavy atom. The minimum Gasteiger partial charge on any atom is -0.308 e. The number of hydrogen-bond acceptors (Lipinski definition) is 3. The van der Waals surface area contributed by atoms with E-state index < -0.39 is 10.0 Å². The maximum absolute atomic E-state index is 14.0. The summed E-state index contributed by atoms with van der Waals surface area (Å²) in [4.78, 5) is 15.6. The van der Waals surface area contributed by atoms with Crippen molar-refractivity contribution in [3.05, 3.63) is 93.0 Å². The number of rotatable bonds is 6. The van der Waals surface area contributed by atoms with Crippen LogP contribution in [0.3, 0.4) is 0 Å². The van der Waals surface area contributed by atoms with Crippen LogP contribution in [0.1, 0.15) is 34.7 Å². The maximum Gasteiger partial charge on any atom is 0.244 e. The van der Waals surface area contributed by atoms with Crippen molar-refractivity contribution in [1.29, 1.82) is 0 Å². The second-order valence-corrected chi connectivity index (χ2v) is 11.9. The van der Waals surface area contributed by atoms with E-state index in [1.165, 1.54) is 4.31 Å². The fourth-order valence-electron chi connectivity index (χ4n) is 4.92. The zero-order chi connectivity index (χ0) is 24.6. The van der Waals surface area contributed by atoms with Crippen LogP contribution in [0.15, 0.2) is 70.0 Å². The smallest absolute Gasteiger partial charge is 0.244 e. The normalized spacial score (nSPS) is 15.6. The summed E-state index contributed by atoms with van der Waals surface area (Å²) in [6.45, 7) is 7.46. The molecule has 0 spiro atoms. The van der Waals surface area contributed by atoms with Gasteiger partial charge in [0, 0.05) is 22.7 Å². The van der Waals surface area contributed by atoms with Crippen LogP contribution in [-0.2, 0) is 27.8 Å². The maximum atomic E-state index is 14.0. The third kappa shape index (κ3) is 4.83. The van der Waals surface area contributed by atoms with Crippen LogP contribution in [0.25, 0.3) is 0 Å². The molecule has 1 atom stereocenters. The Morgan fingerprint density at radius 2 is 1.68 bits per heavy atom. The first-order valence-electron chi connectivity index (χ1n) is 11.3. The number of nitrogens with zero attached hydrogens (tertiary/aromatic N) is 2. The van der Waals surface area contributed by atoms with Gasteiger partial charge >= 0.3 is 0 Å². The molecule has 3 aromatic carbocycles. The van der Waals surface area contributed by atoms with Crippen LogP contribution < -0.4 is 4.90 Å². The molecule has 1 amide bonds. The summed E-state index contributed by atoms with van der Waals surface area (Å²) < 4.78 is 30.2. The van der Waals surface area contributed by atoms with E-state index in [0.29, 0.717) is 11.1 Å². The van der Waals surface area contributed by atoms with Crippen LogP contribution in [0.5, 0.6) is 0 Å². The number of halogens is 1. The van der Waals surface area contributed by atoms with E-state index in [1.54, 1.807) is 4.90 Å². The number of carbonyl (C=O) groups is 1. The Balaban J connectivity index is 1.72. The molecule has 3 aromatic rings. The zero-order valence-electron chi connectivity index (χ0n) is 19.9. The van der Waals surface area contributed by atoms with Crippen LogP contribution in [-0.4, -0.2) is 31.2 Å². The van der Waals surface area contributed by atoms with Gasteiger partial charge in [-0.2, -0.15) is 4.31 Å². The molecular weight excluding hydrogens is 512 g/mol. The quantitative estimate of drug-likeness (QED) is 0.412. The van der Waals surface area contributed by atoms with Crippen LogP contribution in [0, 0.1) is 20.8 Å². The molecule has 178 valence electrons. The highest BCUT2D eigenvalue weighted by atomic mass is 79.9. The molecule has 0 radical (unpaired) electrons. The fourth-order valence-corrected chi connectivity index (χ4v) is 7.12. The number of amides is 1. The van der Waals surface area contributed by atoms with Gasteiger partial charge in [-0.1, -0.05) is 64.0 Å². The lowest BCUT2D eigenvalue weighted by molar-refractivity contribution is -0.119. The fraction of sp³-hybridized carbons (Fsp3) is 0.296. The number of aryl methyl sites for hydroxylation is 3. The molecule has 0 saturated heterocycles. The zero-order valence-corrected chi connectivity index (χ0v) is 22.3. The topological polar surface area (TPSA) is 57.7 Å². The number of fused-ring (bicyclic) bond motifs is 1. The summed E-state index contributed by atoms with van der Waals surface area (Å²) in [6.07, 6.45) is 0.738. The van der Waals surface area contributed by atoms with E-state index in [2.05, 4.69) is 15.9 Å². The van der Waals surface area contributed by atoms with Crippen molar-refractivity contribution in [2.24, 2.45) is 0 Å². The molecule has 0 aromatic heterocycles. The van der Waals surface area contributed by atoms with Crippen molar-refractivity contribution in [2.75, 3.05) is 11.4 Å². The van der Waals surface area contributed by atoms with E-state index in [9.17, 15) is 13.2 Å². The molecular formula is C27H29BrN2O3S. The highest BCUT2D eigenvalue weighted by Crippen LogP contribution is 2.35. The van der Waals surface area contributed by atoms with Gasteiger partial charge in [0.25, 0.3) is 0 Å². The van der Waals surface area contributed by atoms with Gasteiger partial charge < -0.3 is 4.90 Å². The highest BCUT2D eigenvalue weighted by molar-refractivity contribution is 9.10. The third-order valence-corrected chi connectivity index (χ3v) is 8.83. The Hall–Kier alpha value is -2.48. The number of carbonyl (C=O) groups excluding carboxylic acids is 1. The van der Waals surface area contributed by atoms with Crippen molar-refractivity contribution >= 4 is 37.5 Å². The van der Waals surface area contributed by atoms with E-state index in [0.717, 1.165) is 33.3 Å². The van der Waals surface area contributed by atoms with Gasteiger partial charge in [-0.3, -0.25) is 4.79 Å². The molecule has 0 N–H and O–H groups in total. The third-order valence-electron chi connectivity index (χ3n) is 6.24. The highest BCUT2D eigenvalue weighted by Gasteiger charge is 2.35. The first-order valence-corrected chi connectivity index (χ1v) is 13.5. The summed E-state index contributed by atoms with van der Waals surface area (Å²) in [5.41, 5.74) is 5.15. The molecule has 7 heteroatoms. The van der Waals surface area contributed by atoms with E-state index in [4.69, 9.17) is 0 Å². The van der Waals surface area contributed by atoms with E-state index >= 15 is 0 Å². The van der Waals surface area contributed by atoms with Gasteiger partial charge in [-0.05, 0) is 74.6 Å². The molecule has 0 saturated carbocycles. The molecule has 5 nitrogen and oxygen atoms in total. The second kappa shape index (κ2) is 9.64. The summed E-state index contributed by atoms with van der Waals surface area (Å²) in [7, 11) is -3.93.